The zero-order valence-corrected chi connectivity index (χ0v) is 15.9. The maximum atomic E-state index is 14.6. The summed E-state index contributed by atoms with van der Waals surface area (Å²) in [5.41, 5.74) is 2.48. The number of amides is 1. The van der Waals surface area contributed by atoms with Gasteiger partial charge >= 0.3 is 0 Å². The van der Waals surface area contributed by atoms with Gasteiger partial charge in [0.05, 0.1) is 5.69 Å². The van der Waals surface area contributed by atoms with Crippen molar-refractivity contribution in [2.45, 2.75) is 45.2 Å². The number of benzene rings is 1. The molecule has 26 heavy (non-hydrogen) atoms. The van der Waals surface area contributed by atoms with Crippen LogP contribution >= 0.6 is 12.4 Å². The number of nitrogens with zero attached hydrogens (tertiary/aromatic N) is 3. The van der Waals surface area contributed by atoms with Crippen molar-refractivity contribution in [3.8, 4) is 5.69 Å². The molecule has 2 aliphatic heterocycles. The van der Waals surface area contributed by atoms with Crippen LogP contribution in [0.5, 0.6) is 0 Å². The molecule has 2 fully saturated rings. The molecule has 0 aliphatic carbocycles. The molecule has 2 aromatic rings. The second kappa shape index (κ2) is 7.37. The average molecular weight is 379 g/mol. The summed E-state index contributed by atoms with van der Waals surface area (Å²) in [6, 6.07) is 7.48. The molecule has 3 heterocycles. The lowest BCUT2D eigenvalue weighted by atomic mass is 10.1. The topological polar surface area (TPSA) is 50.2 Å². The fraction of sp³-hybridized carbons (Fsp3) is 0.474. The maximum absolute atomic E-state index is 14.6. The van der Waals surface area contributed by atoms with Gasteiger partial charge in [-0.25, -0.2) is 9.07 Å². The van der Waals surface area contributed by atoms with Gasteiger partial charge in [-0.15, -0.1) is 12.4 Å². The highest BCUT2D eigenvalue weighted by atomic mass is 35.5. The van der Waals surface area contributed by atoms with E-state index in [0.29, 0.717) is 29.9 Å². The molecule has 1 amide bonds. The lowest BCUT2D eigenvalue weighted by molar-refractivity contribution is 0.0747. The smallest absolute Gasteiger partial charge is 0.254 e. The summed E-state index contributed by atoms with van der Waals surface area (Å²) >= 11 is 0. The summed E-state index contributed by atoms with van der Waals surface area (Å²) in [6.07, 6.45) is 3.27. The molecule has 0 saturated carbocycles. The van der Waals surface area contributed by atoms with Gasteiger partial charge in [-0.3, -0.25) is 4.79 Å². The number of likely N-dealkylation sites (tertiary alicyclic amines) is 1. The van der Waals surface area contributed by atoms with Crippen molar-refractivity contribution in [3.05, 3.63) is 47.0 Å². The SMILES string of the molecule is Cc1cc(C)n(-c2ccc(C(=O)N3CCC4CCC(C3)N4)cc2F)n1.Cl. The molecule has 1 aromatic heterocycles. The van der Waals surface area contributed by atoms with Crippen LogP contribution < -0.4 is 5.32 Å². The van der Waals surface area contributed by atoms with E-state index < -0.39 is 5.82 Å². The van der Waals surface area contributed by atoms with Crippen LogP contribution in [0.3, 0.4) is 0 Å². The highest BCUT2D eigenvalue weighted by Gasteiger charge is 2.31. The summed E-state index contributed by atoms with van der Waals surface area (Å²) in [5.74, 6) is -0.514. The lowest BCUT2D eigenvalue weighted by Crippen LogP contribution is -2.39. The summed E-state index contributed by atoms with van der Waals surface area (Å²) in [6.45, 7) is 5.20. The number of aryl methyl sites for hydroxylation is 2. The van der Waals surface area contributed by atoms with Gasteiger partial charge in [0, 0.05) is 36.4 Å². The summed E-state index contributed by atoms with van der Waals surface area (Å²) in [7, 11) is 0. The summed E-state index contributed by atoms with van der Waals surface area (Å²) in [4.78, 5) is 14.7. The normalized spacial score (nSPS) is 22.0. The number of halogens is 2. The van der Waals surface area contributed by atoms with E-state index in [1.807, 2.05) is 24.8 Å². The van der Waals surface area contributed by atoms with E-state index in [0.717, 1.165) is 30.8 Å². The van der Waals surface area contributed by atoms with Gasteiger partial charge in [-0.05, 0) is 57.4 Å². The third-order valence-corrected chi connectivity index (χ3v) is 5.24. The standard InChI is InChI=1S/C19H23FN4O.ClH/c1-12-9-13(2)24(22-12)18-6-3-14(10-17(18)20)19(25)23-8-7-15-4-5-16(11-23)21-15;/h3,6,9-10,15-16,21H,4-5,7-8,11H2,1-2H3;1H. The molecule has 1 aromatic carbocycles. The Bertz CT molecular complexity index is 822. The number of fused-ring (bicyclic) bond motifs is 2. The minimum Gasteiger partial charge on any atom is -0.337 e. The van der Waals surface area contributed by atoms with Crippen LogP contribution in [0.25, 0.3) is 5.69 Å². The Morgan fingerprint density at radius 1 is 1.19 bits per heavy atom. The van der Waals surface area contributed by atoms with E-state index in [1.165, 1.54) is 12.5 Å². The predicted octanol–water partition coefficient (Wildman–Crippen LogP) is 3.02. The molecule has 2 saturated heterocycles. The van der Waals surface area contributed by atoms with E-state index in [9.17, 15) is 9.18 Å². The molecule has 2 aliphatic rings. The first-order chi connectivity index (χ1) is 12.0. The third kappa shape index (κ3) is 3.48. The largest absolute Gasteiger partial charge is 0.337 e. The number of carbonyl (C=O) groups excluding carboxylic acids is 1. The van der Waals surface area contributed by atoms with Gasteiger partial charge in [-0.2, -0.15) is 5.10 Å². The highest BCUT2D eigenvalue weighted by Crippen LogP contribution is 2.23. The van der Waals surface area contributed by atoms with Gasteiger partial charge in [-0.1, -0.05) is 0 Å². The molecule has 2 bridgehead atoms. The minimum atomic E-state index is -0.425. The monoisotopic (exact) mass is 378 g/mol. The molecule has 2 atom stereocenters. The molecule has 2 unspecified atom stereocenters. The van der Waals surface area contributed by atoms with E-state index in [1.54, 1.807) is 16.8 Å². The number of aromatic nitrogens is 2. The Kier molecular flexibility index (Phi) is 5.34. The van der Waals surface area contributed by atoms with Gasteiger partial charge in [0.15, 0.2) is 0 Å². The molecular weight excluding hydrogens is 355 g/mol. The molecule has 1 N–H and O–H groups in total. The quantitative estimate of drug-likeness (QED) is 0.873. The van der Waals surface area contributed by atoms with E-state index in [4.69, 9.17) is 0 Å². The molecule has 5 nitrogen and oxygen atoms in total. The fourth-order valence-electron chi connectivity index (χ4n) is 3.99. The van der Waals surface area contributed by atoms with Crippen LogP contribution in [0.4, 0.5) is 4.39 Å². The minimum absolute atomic E-state index is 0. The molecule has 7 heteroatoms. The molecular formula is C19H24ClFN4O. The molecule has 140 valence electrons. The molecule has 0 spiro atoms. The van der Waals surface area contributed by atoms with Crippen molar-refractivity contribution >= 4 is 18.3 Å². The van der Waals surface area contributed by atoms with Crippen LogP contribution in [0, 0.1) is 19.7 Å². The third-order valence-electron chi connectivity index (χ3n) is 5.24. The summed E-state index contributed by atoms with van der Waals surface area (Å²) in [5, 5.41) is 7.88. The van der Waals surface area contributed by atoms with E-state index >= 15 is 0 Å². The first-order valence-corrected chi connectivity index (χ1v) is 8.90. The van der Waals surface area contributed by atoms with E-state index in [-0.39, 0.29) is 18.3 Å². The Morgan fingerprint density at radius 3 is 2.65 bits per heavy atom. The zero-order chi connectivity index (χ0) is 17.6. The Hall–Kier alpha value is -1.92. The average Bonchev–Trinajstić information content (AvgIpc) is 3.07. The number of rotatable bonds is 2. The van der Waals surface area contributed by atoms with Crippen molar-refractivity contribution in [2.75, 3.05) is 13.1 Å². The lowest BCUT2D eigenvalue weighted by Gasteiger charge is -2.24. The van der Waals surface area contributed by atoms with Crippen molar-refractivity contribution < 1.29 is 9.18 Å². The Balaban J connectivity index is 0.00000196. The van der Waals surface area contributed by atoms with Crippen LogP contribution in [0.2, 0.25) is 0 Å². The number of hydrogen-bond acceptors (Lipinski definition) is 3. The number of hydrogen-bond donors (Lipinski definition) is 1. The Morgan fingerprint density at radius 2 is 1.96 bits per heavy atom. The van der Waals surface area contributed by atoms with Crippen molar-refractivity contribution in [2.24, 2.45) is 0 Å². The first-order valence-electron chi connectivity index (χ1n) is 8.90. The first kappa shape index (κ1) is 18.9. The Labute approximate surface area is 159 Å². The molecule has 0 radical (unpaired) electrons. The number of carbonyl (C=O) groups is 1. The van der Waals surface area contributed by atoms with Gasteiger partial charge < -0.3 is 10.2 Å². The van der Waals surface area contributed by atoms with Crippen molar-refractivity contribution in [3.63, 3.8) is 0 Å². The second-order valence-electron chi connectivity index (χ2n) is 7.18. The number of nitrogens with one attached hydrogen (secondary N) is 1. The van der Waals surface area contributed by atoms with Gasteiger partial charge in [0.2, 0.25) is 0 Å². The van der Waals surface area contributed by atoms with Crippen molar-refractivity contribution in [1.82, 2.24) is 20.0 Å². The van der Waals surface area contributed by atoms with Crippen molar-refractivity contribution in [1.29, 1.82) is 0 Å². The zero-order valence-electron chi connectivity index (χ0n) is 15.0. The highest BCUT2D eigenvalue weighted by molar-refractivity contribution is 5.94. The summed E-state index contributed by atoms with van der Waals surface area (Å²) < 4.78 is 16.2. The maximum Gasteiger partial charge on any atom is 0.254 e. The predicted molar refractivity (Wildman–Crippen MR) is 101 cm³/mol. The van der Waals surface area contributed by atoms with Crippen LogP contribution in [-0.4, -0.2) is 45.8 Å². The van der Waals surface area contributed by atoms with Crippen LogP contribution in [0.15, 0.2) is 24.3 Å². The second-order valence-corrected chi connectivity index (χ2v) is 7.18. The van der Waals surface area contributed by atoms with E-state index in [2.05, 4.69) is 10.4 Å². The van der Waals surface area contributed by atoms with Gasteiger partial charge in [0.25, 0.3) is 5.91 Å². The van der Waals surface area contributed by atoms with Gasteiger partial charge in [0.1, 0.15) is 11.5 Å². The fourth-order valence-corrected chi connectivity index (χ4v) is 3.99. The molecule has 4 rings (SSSR count). The van der Waals surface area contributed by atoms with Crippen LogP contribution in [0.1, 0.15) is 41.0 Å². The van der Waals surface area contributed by atoms with Crippen LogP contribution in [-0.2, 0) is 0 Å².